The van der Waals surface area contributed by atoms with E-state index in [-0.39, 0.29) is 17.1 Å². The van der Waals surface area contributed by atoms with Crippen molar-refractivity contribution in [2.75, 3.05) is 0 Å². The van der Waals surface area contributed by atoms with Crippen LogP contribution in [-0.4, -0.2) is 16.0 Å². The summed E-state index contributed by atoms with van der Waals surface area (Å²) in [7, 11) is 0. The quantitative estimate of drug-likeness (QED) is 0.567. The number of nitrogens with zero attached hydrogens (tertiary/aromatic N) is 2. The van der Waals surface area contributed by atoms with Gasteiger partial charge in [-0.15, -0.1) is 0 Å². The molecule has 0 saturated carbocycles. The summed E-state index contributed by atoms with van der Waals surface area (Å²) in [4.78, 5) is 20.5. The van der Waals surface area contributed by atoms with Crippen LogP contribution in [0.25, 0.3) is 11.3 Å². The van der Waals surface area contributed by atoms with Gasteiger partial charge in [0.25, 0.3) is 5.69 Å². The van der Waals surface area contributed by atoms with Crippen LogP contribution in [0.3, 0.4) is 0 Å². The van der Waals surface area contributed by atoms with E-state index in [1.165, 1.54) is 18.2 Å². The zero-order valence-corrected chi connectivity index (χ0v) is 8.32. The van der Waals surface area contributed by atoms with Crippen molar-refractivity contribution in [3.05, 3.63) is 46.1 Å². The van der Waals surface area contributed by atoms with Crippen LogP contribution in [0.4, 0.5) is 5.69 Å². The van der Waals surface area contributed by atoms with Crippen molar-refractivity contribution in [2.45, 2.75) is 0 Å². The number of aromatic carboxylic acids is 1. The molecule has 0 radical (unpaired) electrons. The van der Waals surface area contributed by atoms with Crippen molar-refractivity contribution in [3.63, 3.8) is 0 Å². The summed E-state index contributed by atoms with van der Waals surface area (Å²) in [5.74, 6) is -1.33. The number of rotatable bonds is 3. The Morgan fingerprint density at radius 2 is 2.12 bits per heavy atom. The van der Waals surface area contributed by atoms with Crippen LogP contribution >= 0.6 is 0 Å². The smallest absolute Gasteiger partial charge is 0.270 e. The van der Waals surface area contributed by atoms with Crippen molar-refractivity contribution in [3.8, 4) is 11.3 Å². The lowest BCUT2D eigenvalue weighted by Gasteiger charge is -1.95. The Morgan fingerprint density at radius 1 is 1.35 bits per heavy atom. The number of benzene rings is 1. The number of hydrogen-bond donors (Lipinski definition) is 0. The fraction of sp³-hybridized carbons (Fsp3) is 0. The molecular formula is C10H5N2O5-. The maximum atomic E-state index is 10.6. The van der Waals surface area contributed by atoms with Crippen LogP contribution in [0.2, 0.25) is 0 Å². The Kier molecular flexibility index (Phi) is 2.57. The van der Waals surface area contributed by atoms with Gasteiger partial charge in [-0.05, 0) is 0 Å². The first-order chi connectivity index (χ1) is 8.08. The van der Waals surface area contributed by atoms with Crippen LogP contribution < -0.4 is 5.11 Å². The Balaban J connectivity index is 2.42. The van der Waals surface area contributed by atoms with Gasteiger partial charge in [0.05, 0.1) is 10.9 Å². The van der Waals surface area contributed by atoms with Gasteiger partial charge in [-0.3, -0.25) is 10.1 Å². The Labute approximate surface area is 94.4 Å². The van der Waals surface area contributed by atoms with Gasteiger partial charge in [0.2, 0.25) is 0 Å². The number of hydrogen-bond acceptors (Lipinski definition) is 6. The van der Waals surface area contributed by atoms with E-state index in [1.807, 2.05) is 0 Å². The topological polar surface area (TPSA) is 109 Å². The summed E-state index contributed by atoms with van der Waals surface area (Å²) in [5.41, 5.74) is -0.0976. The van der Waals surface area contributed by atoms with Crippen LogP contribution in [0.15, 0.2) is 34.9 Å². The molecular weight excluding hydrogens is 228 g/mol. The average Bonchev–Trinajstić information content (AvgIpc) is 2.78. The summed E-state index contributed by atoms with van der Waals surface area (Å²) in [6, 6.07) is 6.74. The zero-order chi connectivity index (χ0) is 12.4. The standard InChI is InChI=1S/C10H6N2O5/c13-10(14)8-5-9(17-11-8)6-2-1-3-7(4-6)12(15)16/h1-5H,(H,13,14)/p-1. The molecule has 0 amide bonds. The Bertz CT molecular complexity index is 590. The molecule has 0 aliphatic carbocycles. The lowest BCUT2D eigenvalue weighted by Crippen LogP contribution is -2.22. The van der Waals surface area contributed by atoms with E-state index < -0.39 is 10.9 Å². The van der Waals surface area contributed by atoms with E-state index >= 15 is 0 Å². The van der Waals surface area contributed by atoms with E-state index in [0.29, 0.717) is 5.56 Å². The third-order valence-electron chi connectivity index (χ3n) is 2.06. The summed E-state index contributed by atoms with van der Waals surface area (Å²) in [6.07, 6.45) is 0. The minimum absolute atomic E-state index is 0.117. The molecule has 0 spiro atoms. The van der Waals surface area contributed by atoms with Crippen LogP contribution in [0.5, 0.6) is 0 Å². The summed E-state index contributed by atoms with van der Waals surface area (Å²) < 4.78 is 4.75. The van der Waals surface area contributed by atoms with Crippen molar-refractivity contribution in [2.24, 2.45) is 0 Å². The first-order valence-electron chi connectivity index (χ1n) is 4.51. The number of carbonyl (C=O) groups excluding carboxylic acids is 1. The number of nitro groups is 1. The van der Waals surface area contributed by atoms with E-state index in [1.54, 1.807) is 6.07 Å². The Hall–Kier alpha value is -2.70. The van der Waals surface area contributed by atoms with Gasteiger partial charge in [-0.1, -0.05) is 17.3 Å². The number of nitro benzene ring substituents is 1. The number of carboxylic acid groups (broad SMARTS) is 1. The molecule has 0 unspecified atom stereocenters. The summed E-state index contributed by atoms with van der Waals surface area (Å²) >= 11 is 0. The van der Waals surface area contributed by atoms with Crippen molar-refractivity contribution in [1.82, 2.24) is 5.16 Å². The normalized spacial score (nSPS) is 10.1. The number of carbonyl (C=O) groups is 1. The highest BCUT2D eigenvalue weighted by Gasteiger charge is 2.11. The SMILES string of the molecule is O=C([O-])c1cc(-c2cccc([N+](=O)[O-])c2)on1. The maximum absolute atomic E-state index is 10.6. The predicted octanol–water partition coefficient (Wildman–Crippen LogP) is 0.613. The van der Waals surface area contributed by atoms with Crippen LogP contribution in [0.1, 0.15) is 10.5 Å². The van der Waals surface area contributed by atoms with Gasteiger partial charge in [0.1, 0.15) is 5.69 Å². The summed E-state index contributed by atoms with van der Waals surface area (Å²) in [5, 5.41) is 24.3. The third-order valence-corrected chi connectivity index (χ3v) is 2.06. The second kappa shape index (κ2) is 4.05. The molecule has 0 bridgehead atoms. The molecule has 7 nitrogen and oxygen atoms in total. The minimum atomic E-state index is -1.47. The molecule has 0 aliphatic rings. The fourth-order valence-electron chi connectivity index (χ4n) is 1.28. The molecule has 2 aromatic rings. The number of non-ortho nitro benzene ring substituents is 1. The molecule has 17 heavy (non-hydrogen) atoms. The molecule has 7 heteroatoms. The molecule has 1 aromatic heterocycles. The van der Waals surface area contributed by atoms with E-state index in [4.69, 9.17) is 4.52 Å². The van der Waals surface area contributed by atoms with Crippen LogP contribution in [-0.2, 0) is 0 Å². The largest absolute Gasteiger partial charge is 0.543 e. The average molecular weight is 233 g/mol. The molecule has 0 aliphatic heterocycles. The molecule has 0 saturated heterocycles. The second-order valence-corrected chi connectivity index (χ2v) is 3.17. The summed E-state index contributed by atoms with van der Waals surface area (Å²) in [6.45, 7) is 0. The maximum Gasteiger partial charge on any atom is 0.270 e. The van der Waals surface area contributed by atoms with Gasteiger partial charge in [0.15, 0.2) is 5.76 Å². The molecule has 1 aromatic carbocycles. The molecule has 2 rings (SSSR count). The molecule has 86 valence electrons. The Morgan fingerprint density at radius 3 is 2.71 bits per heavy atom. The first kappa shape index (κ1) is 10.8. The minimum Gasteiger partial charge on any atom is -0.543 e. The number of aromatic nitrogens is 1. The lowest BCUT2D eigenvalue weighted by atomic mass is 10.1. The molecule has 0 fully saturated rings. The van der Waals surface area contributed by atoms with Gasteiger partial charge in [-0.2, -0.15) is 0 Å². The van der Waals surface area contributed by atoms with Gasteiger partial charge >= 0.3 is 0 Å². The first-order valence-corrected chi connectivity index (χ1v) is 4.51. The monoisotopic (exact) mass is 233 g/mol. The van der Waals surface area contributed by atoms with E-state index in [0.717, 1.165) is 6.07 Å². The third kappa shape index (κ3) is 2.12. The predicted molar refractivity (Wildman–Crippen MR) is 52.9 cm³/mol. The van der Waals surface area contributed by atoms with Gasteiger partial charge in [0, 0.05) is 23.8 Å². The van der Waals surface area contributed by atoms with E-state index in [2.05, 4.69) is 5.16 Å². The van der Waals surface area contributed by atoms with Crippen molar-refractivity contribution in [1.29, 1.82) is 0 Å². The lowest BCUT2D eigenvalue weighted by molar-refractivity contribution is -0.384. The van der Waals surface area contributed by atoms with Crippen LogP contribution in [0, 0.1) is 10.1 Å². The number of carboxylic acids is 1. The van der Waals surface area contributed by atoms with Crippen molar-refractivity contribution < 1.29 is 19.3 Å². The highest BCUT2D eigenvalue weighted by Crippen LogP contribution is 2.24. The van der Waals surface area contributed by atoms with E-state index in [9.17, 15) is 20.0 Å². The van der Waals surface area contributed by atoms with Crippen molar-refractivity contribution >= 4 is 11.7 Å². The zero-order valence-electron chi connectivity index (χ0n) is 8.32. The second-order valence-electron chi connectivity index (χ2n) is 3.17. The fourth-order valence-corrected chi connectivity index (χ4v) is 1.28. The van der Waals surface area contributed by atoms with Gasteiger partial charge < -0.3 is 14.4 Å². The highest BCUT2D eigenvalue weighted by molar-refractivity contribution is 5.84. The molecule has 0 N–H and O–H groups in total. The molecule has 1 heterocycles. The van der Waals surface area contributed by atoms with Gasteiger partial charge in [-0.25, -0.2) is 0 Å². The molecule has 0 atom stereocenters. The highest BCUT2D eigenvalue weighted by atomic mass is 16.6.